The van der Waals surface area contributed by atoms with Gasteiger partial charge in [0.05, 0.1) is 12.4 Å². The normalized spacial score (nSPS) is 10.9. The Hall–Kier alpha value is -1.62. The van der Waals surface area contributed by atoms with Crippen LogP contribution in [0.15, 0.2) is 36.6 Å². The number of benzene rings is 1. The average Bonchev–Trinajstić information content (AvgIpc) is 2.29. The predicted octanol–water partition coefficient (Wildman–Crippen LogP) is 2.21. The first-order valence-electron chi connectivity index (χ1n) is 5.90. The zero-order valence-corrected chi connectivity index (χ0v) is 12.0. The van der Waals surface area contributed by atoms with Crippen molar-refractivity contribution in [2.24, 2.45) is 0 Å². The van der Waals surface area contributed by atoms with E-state index in [-0.39, 0.29) is 24.4 Å². The maximum absolute atomic E-state index is 11.6. The first kappa shape index (κ1) is 16.4. The molecule has 1 aromatic rings. The molecular weight excluding hydrogens is 283 g/mol. The van der Waals surface area contributed by atoms with E-state index in [4.69, 9.17) is 14.5 Å². The first-order chi connectivity index (χ1) is 9.26. The molecule has 20 heavy (non-hydrogen) atoms. The highest BCUT2D eigenvalue weighted by Crippen LogP contribution is 2.37. The van der Waals surface area contributed by atoms with E-state index in [0.29, 0.717) is 12.4 Å². The summed E-state index contributed by atoms with van der Waals surface area (Å²) in [6.07, 6.45) is 0.517. The third-order valence-electron chi connectivity index (χ3n) is 2.28. The molecule has 0 radical (unpaired) electrons. The summed E-state index contributed by atoms with van der Waals surface area (Å²) in [7, 11) is -4.55. The van der Waals surface area contributed by atoms with Crippen molar-refractivity contribution in [3.05, 3.63) is 42.2 Å². The van der Waals surface area contributed by atoms with Gasteiger partial charge in [-0.3, -0.25) is 14.6 Å². The van der Waals surface area contributed by atoms with E-state index >= 15 is 0 Å². The van der Waals surface area contributed by atoms with Crippen LogP contribution in [-0.2, 0) is 20.5 Å². The number of allylic oxidation sites excluding steroid dienone is 1. The molecule has 6 nitrogen and oxygen atoms in total. The average molecular weight is 300 g/mol. The highest BCUT2D eigenvalue weighted by Gasteiger charge is 2.15. The van der Waals surface area contributed by atoms with Gasteiger partial charge in [-0.1, -0.05) is 18.7 Å². The van der Waals surface area contributed by atoms with Crippen LogP contribution in [0.2, 0.25) is 0 Å². The summed E-state index contributed by atoms with van der Waals surface area (Å²) in [6, 6.07) is 5.99. The lowest BCUT2D eigenvalue weighted by Gasteiger charge is -2.07. The Bertz CT molecular complexity index is 516. The Labute approximate surface area is 117 Å². The number of carbonyl (C=O) groups excluding carboxylic acids is 1. The van der Waals surface area contributed by atoms with Crippen LogP contribution >= 0.6 is 7.82 Å². The van der Waals surface area contributed by atoms with E-state index in [0.717, 1.165) is 5.56 Å². The van der Waals surface area contributed by atoms with Crippen LogP contribution in [-0.4, -0.2) is 22.2 Å². The molecule has 0 heterocycles. The molecule has 0 aromatic heterocycles. The van der Waals surface area contributed by atoms with Crippen molar-refractivity contribution in [1.29, 1.82) is 0 Å². The van der Waals surface area contributed by atoms with Crippen molar-refractivity contribution in [3.8, 4) is 5.75 Å². The Balaban J connectivity index is 2.47. The van der Waals surface area contributed by atoms with Gasteiger partial charge in [-0.25, -0.2) is 4.57 Å². The summed E-state index contributed by atoms with van der Waals surface area (Å²) < 4.78 is 20.1. The molecule has 1 rings (SSSR count). The van der Waals surface area contributed by atoms with Crippen LogP contribution in [0.3, 0.4) is 0 Å². The van der Waals surface area contributed by atoms with Gasteiger partial charge in [-0.15, -0.1) is 0 Å². The van der Waals surface area contributed by atoms with Gasteiger partial charge in [0.25, 0.3) is 0 Å². The van der Waals surface area contributed by atoms with E-state index in [1.54, 1.807) is 19.1 Å². The third-order valence-corrected chi connectivity index (χ3v) is 2.73. The highest BCUT2D eigenvalue weighted by atomic mass is 31.2. The maximum atomic E-state index is 11.6. The molecule has 110 valence electrons. The van der Waals surface area contributed by atoms with Crippen molar-refractivity contribution in [2.75, 3.05) is 6.61 Å². The van der Waals surface area contributed by atoms with Gasteiger partial charge >= 0.3 is 7.82 Å². The zero-order valence-electron chi connectivity index (χ0n) is 11.1. The minimum absolute atomic E-state index is 0.00917. The van der Waals surface area contributed by atoms with E-state index < -0.39 is 7.82 Å². The van der Waals surface area contributed by atoms with Gasteiger partial charge in [0, 0.05) is 12.8 Å². The van der Waals surface area contributed by atoms with Crippen molar-refractivity contribution in [1.82, 2.24) is 0 Å². The Morgan fingerprint density at radius 1 is 1.30 bits per heavy atom. The maximum Gasteiger partial charge on any atom is 0.524 e. The number of ether oxygens (including phenoxy) is 1. The summed E-state index contributed by atoms with van der Waals surface area (Å²) >= 11 is 0. The molecule has 0 aliphatic heterocycles. The standard InChI is InChI=1S/C13H17O6P/c1-10(2)18-8-7-12(14)9-11-3-5-13(6-4-11)19-20(15,16)17/h3-6H,1,7-9H2,2H3,(H2,15,16,17). The van der Waals surface area contributed by atoms with Crippen molar-refractivity contribution in [2.45, 2.75) is 19.8 Å². The second-order valence-electron chi connectivity index (χ2n) is 4.24. The molecule has 0 saturated heterocycles. The van der Waals surface area contributed by atoms with E-state index in [9.17, 15) is 9.36 Å². The predicted molar refractivity (Wildman–Crippen MR) is 73.2 cm³/mol. The number of phosphoric acid groups is 1. The number of carbonyl (C=O) groups is 1. The summed E-state index contributed by atoms with van der Waals surface area (Å²) in [5.74, 6) is 0.631. The Kier molecular flexibility index (Phi) is 5.95. The topological polar surface area (TPSA) is 93.1 Å². The number of phosphoric ester groups is 1. The lowest BCUT2D eigenvalue weighted by molar-refractivity contribution is -0.119. The Morgan fingerprint density at radius 3 is 2.40 bits per heavy atom. The van der Waals surface area contributed by atoms with Crippen LogP contribution in [0.25, 0.3) is 0 Å². The number of hydrogen-bond acceptors (Lipinski definition) is 4. The Morgan fingerprint density at radius 2 is 1.90 bits per heavy atom. The lowest BCUT2D eigenvalue weighted by Crippen LogP contribution is -2.06. The molecule has 0 saturated carbocycles. The van der Waals surface area contributed by atoms with Gasteiger partial charge in [-0.05, 0) is 24.6 Å². The SMILES string of the molecule is C=C(C)OCCC(=O)Cc1ccc(OP(=O)(O)O)cc1. The van der Waals surface area contributed by atoms with Gasteiger partial charge in [-0.2, -0.15) is 0 Å². The molecule has 0 aliphatic carbocycles. The van der Waals surface area contributed by atoms with E-state index in [2.05, 4.69) is 11.1 Å². The van der Waals surface area contributed by atoms with Crippen LogP contribution in [0, 0.1) is 0 Å². The summed E-state index contributed by atoms with van der Waals surface area (Å²) in [5, 5.41) is 0. The fraction of sp³-hybridized carbons (Fsp3) is 0.308. The quantitative estimate of drug-likeness (QED) is 0.565. The molecule has 0 unspecified atom stereocenters. The van der Waals surface area contributed by atoms with Crippen LogP contribution < -0.4 is 4.52 Å². The molecule has 2 N–H and O–H groups in total. The minimum Gasteiger partial charge on any atom is -0.498 e. The molecule has 0 aliphatic rings. The van der Waals surface area contributed by atoms with Crippen molar-refractivity contribution in [3.63, 3.8) is 0 Å². The minimum atomic E-state index is -4.55. The highest BCUT2D eigenvalue weighted by molar-refractivity contribution is 7.46. The van der Waals surface area contributed by atoms with Crippen LogP contribution in [0.1, 0.15) is 18.9 Å². The summed E-state index contributed by atoms with van der Waals surface area (Å²) in [4.78, 5) is 28.9. The van der Waals surface area contributed by atoms with Gasteiger partial charge in [0.15, 0.2) is 0 Å². The van der Waals surface area contributed by atoms with Gasteiger partial charge < -0.3 is 9.26 Å². The van der Waals surface area contributed by atoms with E-state index in [1.165, 1.54) is 12.1 Å². The van der Waals surface area contributed by atoms with Crippen molar-refractivity contribution >= 4 is 13.6 Å². The number of hydrogen-bond donors (Lipinski definition) is 2. The van der Waals surface area contributed by atoms with Gasteiger partial charge in [0.1, 0.15) is 11.5 Å². The largest absolute Gasteiger partial charge is 0.524 e. The molecular formula is C13H17O6P. The molecule has 0 bridgehead atoms. The second-order valence-corrected chi connectivity index (χ2v) is 5.41. The molecule has 0 fully saturated rings. The fourth-order valence-electron chi connectivity index (χ4n) is 1.46. The number of Topliss-reactive ketones (excluding diaryl/α,β-unsaturated/α-hetero) is 1. The molecule has 0 spiro atoms. The smallest absolute Gasteiger partial charge is 0.498 e. The monoisotopic (exact) mass is 300 g/mol. The third kappa shape index (κ3) is 7.09. The number of rotatable bonds is 8. The van der Waals surface area contributed by atoms with E-state index in [1.807, 2.05) is 0 Å². The molecule has 0 amide bonds. The zero-order chi connectivity index (χ0) is 15.2. The molecule has 0 atom stereocenters. The first-order valence-corrected chi connectivity index (χ1v) is 7.43. The van der Waals surface area contributed by atoms with Crippen LogP contribution in [0.5, 0.6) is 5.75 Å². The fourth-order valence-corrected chi connectivity index (χ4v) is 1.86. The van der Waals surface area contributed by atoms with Crippen LogP contribution in [0.4, 0.5) is 0 Å². The molecule has 1 aromatic carbocycles. The lowest BCUT2D eigenvalue weighted by atomic mass is 10.1. The van der Waals surface area contributed by atoms with Gasteiger partial charge in [0.2, 0.25) is 0 Å². The number of ketones is 1. The molecule has 7 heteroatoms. The summed E-state index contributed by atoms with van der Waals surface area (Å²) in [6.45, 7) is 5.58. The summed E-state index contributed by atoms with van der Waals surface area (Å²) in [5.41, 5.74) is 0.739. The second kappa shape index (κ2) is 7.24. The van der Waals surface area contributed by atoms with Crippen molar-refractivity contribution < 1.29 is 28.4 Å².